The van der Waals surface area contributed by atoms with Crippen LogP contribution in [-0.2, 0) is 4.79 Å². The number of hydrogen-bond donors (Lipinski definition) is 2. The van der Waals surface area contributed by atoms with Crippen LogP contribution < -0.4 is 10.6 Å². The van der Waals surface area contributed by atoms with Crippen molar-refractivity contribution in [2.75, 3.05) is 19.3 Å². The molecule has 2 atom stereocenters. The Morgan fingerprint density at radius 2 is 2.11 bits per heavy atom. The lowest BCUT2D eigenvalue weighted by atomic mass is 9.75. The molecule has 0 radical (unpaired) electrons. The number of carbonyl (C=O) groups excluding carboxylic acids is 1. The summed E-state index contributed by atoms with van der Waals surface area (Å²) in [6, 6.07) is 0.424. The first-order valence-corrected chi connectivity index (χ1v) is 8.53. The largest absolute Gasteiger partial charge is 0.353 e. The number of rotatable bonds is 4. The molecule has 1 saturated heterocycles. The minimum Gasteiger partial charge on any atom is -0.353 e. The number of nitrogens with one attached hydrogen (secondary N) is 2. The van der Waals surface area contributed by atoms with Crippen LogP contribution in [0.15, 0.2) is 0 Å². The molecule has 2 unspecified atom stereocenters. The molecule has 2 aliphatic rings. The van der Waals surface area contributed by atoms with Crippen LogP contribution in [0.4, 0.5) is 0 Å². The minimum atomic E-state index is -0.0945. The van der Waals surface area contributed by atoms with Gasteiger partial charge in [0.1, 0.15) is 0 Å². The Balaban J connectivity index is 1.90. The average molecular weight is 270 g/mol. The molecular weight excluding hydrogens is 244 g/mol. The van der Waals surface area contributed by atoms with Crippen LogP contribution in [-0.4, -0.2) is 36.5 Å². The summed E-state index contributed by atoms with van der Waals surface area (Å²) in [7, 11) is 0. The SMILES string of the molecule is CCC1(C(=O)NC2CCC(SC)C2)CCNCC1. The van der Waals surface area contributed by atoms with Gasteiger partial charge in [0.25, 0.3) is 0 Å². The van der Waals surface area contributed by atoms with Crippen molar-refractivity contribution in [3.05, 3.63) is 0 Å². The van der Waals surface area contributed by atoms with Crippen LogP contribution in [0, 0.1) is 5.41 Å². The van der Waals surface area contributed by atoms with Gasteiger partial charge in [-0.1, -0.05) is 6.92 Å². The third-order valence-electron chi connectivity index (χ3n) is 4.77. The second-order valence-corrected chi connectivity index (χ2v) is 6.86. The molecule has 1 amide bonds. The van der Waals surface area contributed by atoms with Crippen LogP contribution in [0.1, 0.15) is 45.4 Å². The Morgan fingerprint density at radius 1 is 1.39 bits per heavy atom. The first-order chi connectivity index (χ1) is 8.70. The summed E-state index contributed by atoms with van der Waals surface area (Å²) in [4.78, 5) is 12.6. The number of carbonyl (C=O) groups is 1. The summed E-state index contributed by atoms with van der Waals surface area (Å²) in [5, 5.41) is 7.43. The van der Waals surface area contributed by atoms with E-state index >= 15 is 0 Å². The Morgan fingerprint density at radius 3 is 2.67 bits per heavy atom. The highest BCUT2D eigenvalue weighted by Crippen LogP contribution is 2.34. The predicted octanol–water partition coefficient (Wildman–Crippen LogP) is 2.17. The van der Waals surface area contributed by atoms with Crippen LogP contribution in [0.5, 0.6) is 0 Å². The van der Waals surface area contributed by atoms with Crippen LogP contribution >= 0.6 is 11.8 Å². The Kier molecular flexibility index (Phi) is 4.96. The fourth-order valence-corrected chi connectivity index (χ4v) is 4.07. The van der Waals surface area contributed by atoms with Gasteiger partial charge in [0, 0.05) is 11.3 Å². The Bertz CT molecular complexity index is 290. The second-order valence-electron chi connectivity index (χ2n) is 5.73. The lowest BCUT2D eigenvalue weighted by molar-refractivity contribution is -0.133. The molecule has 1 aliphatic heterocycles. The van der Waals surface area contributed by atoms with E-state index in [0.29, 0.717) is 11.9 Å². The first-order valence-electron chi connectivity index (χ1n) is 7.24. The van der Waals surface area contributed by atoms with Crippen LogP contribution in [0.25, 0.3) is 0 Å². The summed E-state index contributed by atoms with van der Waals surface area (Å²) < 4.78 is 0. The van der Waals surface area contributed by atoms with Gasteiger partial charge in [-0.05, 0) is 57.9 Å². The number of amides is 1. The molecule has 2 fully saturated rings. The molecule has 18 heavy (non-hydrogen) atoms. The van der Waals surface area contributed by atoms with E-state index in [1.54, 1.807) is 0 Å². The summed E-state index contributed by atoms with van der Waals surface area (Å²) in [5.41, 5.74) is -0.0945. The van der Waals surface area contributed by atoms with Gasteiger partial charge in [-0.15, -0.1) is 0 Å². The van der Waals surface area contributed by atoms with Gasteiger partial charge < -0.3 is 10.6 Å². The molecular formula is C14H26N2OS. The molecule has 4 heteroatoms. The molecule has 1 saturated carbocycles. The summed E-state index contributed by atoms with van der Waals surface area (Å²) in [6.45, 7) is 4.13. The number of piperidine rings is 1. The van der Waals surface area contributed by atoms with Crippen molar-refractivity contribution >= 4 is 17.7 Å². The Hall–Kier alpha value is -0.220. The van der Waals surface area contributed by atoms with Crippen molar-refractivity contribution in [2.45, 2.75) is 56.7 Å². The highest BCUT2D eigenvalue weighted by atomic mass is 32.2. The van der Waals surface area contributed by atoms with E-state index in [9.17, 15) is 4.79 Å². The fourth-order valence-electron chi connectivity index (χ4n) is 3.27. The van der Waals surface area contributed by atoms with Gasteiger partial charge >= 0.3 is 0 Å². The molecule has 2 rings (SSSR count). The van der Waals surface area contributed by atoms with Gasteiger partial charge in [0.2, 0.25) is 5.91 Å². The summed E-state index contributed by atoms with van der Waals surface area (Å²) in [6.07, 6.45) is 8.71. The molecule has 0 aromatic rings. The van der Waals surface area contributed by atoms with Gasteiger partial charge in [-0.3, -0.25) is 4.79 Å². The zero-order valence-corrected chi connectivity index (χ0v) is 12.4. The maximum absolute atomic E-state index is 12.6. The number of hydrogen-bond acceptors (Lipinski definition) is 3. The van der Waals surface area contributed by atoms with Gasteiger partial charge in [-0.25, -0.2) is 0 Å². The number of thioether (sulfide) groups is 1. The highest BCUT2D eigenvalue weighted by molar-refractivity contribution is 7.99. The zero-order chi connectivity index (χ0) is 13.0. The average Bonchev–Trinajstić information content (AvgIpc) is 2.87. The normalized spacial score (nSPS) is 31.2. The van der Waals surface area contributed by atoms with Gasteiger partial charge in [0.15, 0.2) is 0 Å². The van der Waals surface area contributed by atoms with Crippen molar-refractivity contribution < 1.29 is 4.79 Å². The lowest BCUT2D eigenvalue weighted by Crippen LogP contribution is -2.49. The zero-order valence-electron chi connectivity index (χ0n) is 11.6. The van der Waals surface area contributed by atoms with Crippen molar-refractivity contribution in [3.8, 4) is 0 Å². The molecule has 2 N–H and O–H groups in total. The smallest absolute Gasteiger partial charge is 0.226 e. The van der Waals surface area contributed by atoms with Gasteiger partial charge in [0.05, 0.1) is 5.41 Å². The summed E-state index contributed by atoms with van der Waals surface area (Å²) in [5.74, 6) is 0.318. The third kappa shape index (κ3) is 3.02. The standard InChI is InChI=1S/C14H26N2OS/c1-3-14(6-8-15-9-7-14)13(17)16-11-4-5-12(10-11)18-2/h11-12,15H,3-10H2,1-2H3,(H,16,17). The first kappa shape index (κ1) is 14.2. The van der Waals surface area contributed by atoms with Crippen molar-refractivity contribution in [1.29, 1.82) is 0 Å². The van der Waals surface area contributed by atoms with Crippen molar-refractivity contribution in [3.63, 3.8) is 0 Å². The van der Waals surface area contributed by atoms with E-state index in [2.05, 4.69) is 23.8 Å². The van der Waals surface area contributed by atoms with Crippen molar-refractivity contribution in [2.24, 2.45) is 5.41 Å². The minimum absolute atomic E-state index is 0.0945. The quantitative estimate of drug-likeness (QED) is 0.822. The summed E-state index contributed by atoms with van der Waals surface area (Å²) >= 11 is 1.94. The molecule has 104 valence electrons. The predicted molar refractivity (Wildman–Crippen MR) is 77.9 cm³/mol. The second kappa shape index (κ2) is 6.29. The molecule has 1 heterocycles. The van der Waals surface area contributed by atoms with Crippen LogP contribution in [0.3, 0.4) is 0 Å². The molecule has 0 aromatic heterocycles. The molecule has 0 bridgehead atoms. The highest BCUT2D eigenvalue weighted by Gasteiger charge is 2.39. The molecule has 3 nitrogen and oxygen atoms in total. The maximum atomic E-state index is 12.6. The Labute approximate surface area is 115 Å². The van der Waals surface area contributed by atoms with E-state index in [1.807, 2.05) is 11.8 Å². The third-order valence-corrected chi connectivity index (χ3v) is 5.87. The van der Waals surface area contributed by atoms with Gasteiger partial charge in [-0.2, -0.15) is 11.8 Å². The van der Waals surface area contributed by atoms with E-state index in [-0.39, 0.29) is 5.41 Å². The van der Waals surface area contributed by atoms with E-state index in [1.165, 1.54) is 6.42 Å². The maximum Gasteiger partial charge on any atom is 0.226 e. The van der Waals surface area contributed by atoms with Crippen molar-refractivity contribution in [1.82, 2.24) is 10.6 Å². The molecule has 0 spiro atoms. The van der Waals surface area contributed by atoms with E-state index in [0.717, 1.165) is 50.4 Å². The van der Waals surface area contributed by atoms with E-state index in [4.69, 9.17) is 0 Å². The molecule has 1 aliphatic carbocycles. The molecule has 0 aromatic carbocycles. The van der Waals surface area contributed by atoms with E-state index < -0.39 is 0 Å². The monoisotopic (exact) mass is 270 g/mol. The topological polar surface area (TPSA) is 41.1 Å². The van der Waals surface area contributed by atoms with Crippen LogP contribution in [0.2, 0.25) is 0 Å². The fraction of sp³-hybridized carbons (Fsp3) is 0.929. The lowest BCUT2D eigenvalue weighted by Gasteiger charge is -2.36.